The molecule has 1 fully saturated rings. The van der Waals surface area contributed by atoms with Gasteiger partial charge in [0.15, 0.2) is 0 Å². The lowest BCUT2D eigenvalue weighted by atomic mass is 9.88. The van der Waals surface area contributed by atoms with Crippen molar-refractivity contribution in [1.29, 1.82) is 0 Å². The molecule has 0 spiro atoms. The zero-order valence-corrected chi connectivity index (χ0v) is 18.5. The Labute approximate surface area is 187 Å². The lowest BCUT2D eigenvalue weighted by Gasteiger charge is -2.20. The van der Waals surface area contributed by atoms with Crippen LogP contribution in [0.3, 0.4) is 0 Å². The molecular weight excluding hydrogens is 432 g/mol. The molecule has 2 aromatic carbocycles. The van der Waals surface area contributed by atoms with Crippen molar-refractivity contribution >= 4 is 39.1 Å². The van der Waals surface area contributed by atoms with Gasteiger partial charge in [0.2, 0.25) is 11.8 Å². The van der Waals surface area contributed by atoms with Crippen molar-refractivity contribution in [1.82, 2.24) is 10.3 Å². The topological polar surface area (TPSA) is 133 Å². The van der Waals surface area contributed by atoms with Crippen molar-refractivity contribution in [2.24, 2.45) is 5.92 Å². The number of hydrogen-bond donors (Lipinski definition) is 4. The highest BCUT2D eigenvalue weighted by Crippen LogP contribution is 2.25. The number of rotatable bonds is 7. The highest BCUT2D eigenvalue weighted by Gasteiger charge is 2.21. The van der Waals surface area contributed by atoms with Gasteiger partial charge in [-0.05, 0) is 61.4 Å². The van der Waals surface area contributed by atoms with E-state index in [0.717, 1.165) is 25.7 Å². The van der Waals surface area contributed by atoms with Crippen LogP contribution in [-0.4, -0.2) is 26.1 Å². The van der Waals surface area contributed by atoms with Crippen LogP contribution >= 0.6 is 0 Å². The van der Waals surface area contributed by atoms with Crippen LogP contribution in [0.1, 0.15) is 49.4 Å². The zero-order chi connectivity index (χ0) is 23.1. The molecule has 1 saturated carbocycles. The van der Waals surface area contributed by atoms with Gasteiger partial charge in [-0.25, -0.2) is 8.42 Å². The van der Waals surface area contributed by atoms with Gasteiger partial charge in [-0.3, -0.25) is 19.8 Å². The maximum absolute atomic E-state index is 12.4. The Morgan fingerprint density at radius 3 is 1.97 bits per heavy atom. The molecule has 32 heavy (non-hydrogen) atoms. The molecule has 0 heterocycles. The monoisotopic (exact) mass is 458 g/mol. The fourth-order valence-corrected chi connectivity index (χ4v) is 4.32. The molecule has 10 heteroatoms. The van der Waals surface area contributed by atoms with E-state index >= 15 is 0 Å². The van der Waals surface area contributed by atoms with E-state index in [9.17, 15) is 22.8 Å². The van der Waals surface area contributed by atoms with E-state index in [4.69, 9.17) is 0 Å². The lowest BCUT2D eigenvalue weighted by Crippen LogP contribution is -2.41. The fraction of sp³-hybridized carbons (Fsp3) is 0.318. The largest absolute Gasteiger partial charge is 0.326 e. The average Bonchev–Trinajstić information content (AvgIpc) is 2.78. The van der Waals surface area contributed by atoms with Gasteiger partial charge in [-0.2, -0.15) is 0 Å². The Balaban J connectivity index is 1.54. The lowest BCUT2D eigenvalue weighted by molar-refractivity contribution is -0.120. The molecule has 3 amide bonds. The Kier molecular flexibility index (Phi) is 7.60. The molecule has 1 aliphatic carbocycles. The van der Waals surface area contributed by atoms with Crippen LogP contribution in [0.4, 0.5) is 11.4 Å². The van der Waals surface area contributed by atoms with Crippen molar-refractivity contribution < 1.29 is 22.8 Å². The number of hydrazine groups is 1. The maximum atomic E-state index is 12.4. The molecule has 0 bridgehead atoms. The third-order valence-corrected chi connectivity index (χ3v) is 6.44. The number of carbonyl (C=O) groups excluding carboxylic acids is 3. The molecule has 0 radical (unpaired) electrons. The molecular formula is C22H26N4O5S. The van der Waals surface area contributed by atoms with Crippen LogP contribution in [0.5, 0.6) is 0 Å². The fourth-order valence-electron chi connectivity index (χ4n) is 3.48. The first-order valence-electron chi connectivity index (χ1n) is 10.4. The van der Waals surface area contributed by atoms with Crippen molar-refractivity contribution in [3.05, 3.63) is 54.1 Å². The maximum Gasteiger partial charge on any atom is 0.266 e. The molecule has 3 rings (SSSR count). The van der Waals surface area contributed by atoms with Gasteiger partial charge in [0.1, 0.15) is 0 Å². The molecule has 0 saturated heterocycles. The van der Waals surface area contributed by atoms with Gasteiger partial charge in [0.05, 0.1) is 4.90 Å². The molecule has 170 valence electrons. The standard InChI is InChI=1S/C22H26N4O5S/c1-15(27)23-18-11-13-20(14-12-18)32(30,31)26-25-22(29)17-7-9-19(10-8-17)24-21(28)16-5-3-2-4-6-16/h7-14,16,26H,2-6H2,1H3,(H,23,27)(H,24,28)(H,25,29). The Bertz CT molecular complexity index is 1080. The summed E-state index contributed by atoms with van der Waals surface area (Å²) in [6, 6.07) is 11.7. The van der Waals surface area contributed by atoms with E-state index in [1.54, 1.807) is 12.1 Å². The van der Waals surface area contributed by atoms with Crippen LogP contribution in [0, 0.1) is 5.92 Å². The normalized spacial score (nSPS) is 14.4. The van der Waals surface area contributed by atoms with Crippen molar-refractivity contribution in [2.45, 2.75) is 43.9 Å². The summed E-state index contributed by atoms with van der Waals surface area (Å²) in [5.74, 6) is -0.910. The summed E-state index contributed by atoms with van der Waals surface area (Å²) in [5, 5.41) is 5.40. The minimum atomic E-state index is -4.00. The Morgan fingerprint density at radius 2 is 1.38 bits per heavy atom. The molecule has 4 N–H and O–H groups in total. The van der Waals surface area contributed by atoms with Gasteiger partial charge < -0.3 is 10.6 Å². The van der Waals surface area contributed by atoms with E-state index < -0.39 is 15.9 Å². The third-order valence-electron chi connectivity index (χ3n) is 5.17. The van der Waals surface area contributed by atoms with Gasteiger partial charge in [-0.1, -0.05) is 19.3 Å². The first-order chi connectivity index (χ1) is 15.2. The second-order valence-electron chi connectivity index (χ2n) is 7.67. The second-order valence-corrected chi connectivity index (χ2v) is 9.35. The number of nitrogens with one attached hydrogen (secondary N) is 4. The number of anilines is 2. The SMILES string of the molecule is CC(=O)Nc1ccc(S(=O)(=O)NNC(=O)c2ccc(NC(=O)C3CCCCC3)cc2)cc1. The van der Waals surface area contributed by atoms with Crippen LogP contribution < -0.4 is 20.9 Å². The summed E-state index contributed by atoms with van der Waals surface area (Å²) in [6.45, 7) is 1.35. The summed E-state index contributed by atoms with van der Waals surface area (Å²) >= 11 is 0. The number of sulfonamides is 1. The van der Waals surface area contributed by atoms with Gasteiger partial charge >= 0.3 is 0 Å². The predicted molar refractivity (Wildman–Crippen MR) is 120 cm³/mol. The highest BCUT2D eigenvalue weighted by molar-refractivity contribution is 7.89. The molecule has 0 aliphatic heterocycles. The van der Waals surface area contributed by atoms with Gasteiger partial charge in [0.25, 0.3) is 15.9 Å². The Morgan fingerprint density at radius 1 is 0.812 bits per heavy atom. The number of carbonyl (C=O) groups is 3. The van der Waals surface area contributed by atoms with E-state index in [1.165, 1.54) is 49.7 Å². The molecule has 9 nitrogen and oxygen atoms in total. The van der Waals surface area contributed by atoms with Gasteiger partial charge in [0, 0.05) is 29.8 Å². The minimum absolute atomic E-state index is 0.0146. The summed E-state index contributed by atoms with van der Waals surface area (Å²) in [6.07, 6.45) is 5.07. The van der Waals surface area contributed by atoms with Crippen molar-refractivity contribution in [3.63, 3.8) is 0 Å². The molecule has 2 aromatic rings. The number of hydrogen-bond acceptors (Lipinski definition) is 5. The van der Waals surface area contributed by atoms with E-state index in [2.05, 4.69) is 16.1 Å². The summed E-state index contributed by atoms with van der Waals surface area (Å²) in [7, 11) is -4.00. The minimum Gasteiger partial charge on any atom is -0.326 e. The summed E-state index contributed by atoms with van der Waals surface area (Å²) in [5.41, 5.74) is 3.42. The molecule has 0 atom stereocenters. The summed E-state index contributed by atoms with van der Waals surface area (Å²) in [4.78, 5) is 37.6. The first-order valence-corrected chi connectivity index (χ1v) is 11.8. The third kappa shape index (κ3) is 6.38. The van der Waals surface area contributed by atoms with Crippen LogP contribution in [0.2, 0.25) is 0 Å². The average molecular weight is 459 g/mol. The van der Waals surface area contributed by atoms with E-state index in [1.807, 2.05) is 4.83 Å². The van der Waals surface area contributed by atoms with E-state index in [-0.39, 0.29) is 28.2 Å². The Hall–Kier alpha value is -3.24. The molecule has 1 aliphatic rings. The van der Waals surface area contributed by atoms with Crippen molar-refractivity contribution in [3.8, 4) is 0 Å². The quantitative estimate of drug-likeness (QED) is 0.474. The first kappa shape index (κ1) is 23.4. The number of benzene rings is 2. The van der Waals surface area contributed by atoms with Crippen LogP contribution in [-0.2, 0) is 19.6 Å². The van der Waals surface area contributed by atoms with Crippen molar-refractivity contribution in [2.75, 3.05) is 10.6 Å². The smallest absolute Gasteiger partial charge is 0.266 e. The predicted octanol–water partition coefficient (Wildman–Crippen LogP) is 2.79. The van der Waals surface area contributed by atoms with E-state index in [0.29, 0.717) is 11.4 Å². The van der Waals surface area contributed by atoms with Crippen LogP contribution in [0.15, 0.2) is 53.4 Å². The second kappa shape index (κ2) is 10.4. The van der Waals surface area contributed by atoms with Gasteiger partial charge in [-0.15, -0.1) is 4.83 Å². The zero-order valence-electron chi connectivity index (χ0n) is 17.7. The highest BCUT2D eigenvalue weighted by atomic mass is 32.2. The summed E-state index contributed by atoms with van der Waals surface area (Å²) < 4.78 is 24.7. The molecule has 0 unspecified atom stereocenters. The van der Waals surface area contributed by atoms with Crippen LogP contribution in [0.25, 0.3) is 0 Å². The number of amides is 3. The molecule has 0 aromatic heterocycles.